The molecule has 1 fully saturated rings. The fourth-order valence-electron chi connectivity index (χ4n) is 4.21. The lowest BCUT2D eigenvalue weighted by molar-refractivity contribution is -0.138. The van der Waals surface area contributed by atoms with E-state index in [1.807, 2.05) is 60.7 Å². The van der Waals surface area contributed by atoms with Crippen LogP contribution in [-0.4, -0.2) is 5.91 Å². The first-order chi connectivity index (χ1) is 15.9. The normalized spacial score (nSPS) is 18.9. The number of carbonyl (C=O) groups excluding carboxylic acids is 1. The van der Waals surface area contributed by atoms with Gasteiger partial charge in [-0.1, -0.05) is 78.9 Å². The quantitative estimate of drug-likeness (QED) is 0.540. The second kappa shape index (κ2) is 7.99. The van der Waals surface area contributed by atoms with Crippen LogP contribution in [0.15, 0.2) is 90.8 Å². The number of halogens is 3. The monoisotopic (exact) mass is 450 g/mol. The van der Waals surface area contributed by atoms with Gasteiger partial charge in [0.25, 0.3) is 0 Å². The molecule has 2 aliphatic rings. The third-order valence-electron chi connectivity index (χ3n) is 6.06. The molecule has 1 unspecified atom stereocenters. The lowest BCUT2D eigenvalue weighted by atomic mass is 9.90. The highest BCUT2D eigenvalue weighted by Gasteiger charge is 2.55. The van der Waals surface area contributed by atoms with E-state index in [0.29, 0.717) is 18.5 Å². The number of rotatable bonds is 5. The average molecular weight is 450 g/mol. The Labute approximate surface area is 189 Å². The van der Waals surface area contributed by atoms with Gasteiger partial charge in [0.2, 0.25) is 11.8 Å². The van der Waals surface area contributed by atoms with Gasteiger partial charge in [0.15, 0.2) is 6.23 Å². The highest BCUT2D eigenvalue weighted by molar-refractivity contribution is 5.93. The van der Waals surface area contributed by atoms with Gasteiger partial charge in [0.1, 0.15) is 5.70 Å². The second-order valence-electron chi connectivity index (χ2n) is 8.20. The number of amides is 1. The van der Waals surface area contributed by atoms with Gasteiger partial charge in [-0.15, -0.1) is 0 Å². The summed E-state index contributed by atoms with van der Waals surface area (Å²) in [5.74, 6) is -0.297. The van der Waals surface area contributed by atoms with Gasteiger partial charge in [0, 0.05) is 11.1 Å². The fraction of sp³-hybridized carbons (Fsp3) is 0.192. The van der Waals surface area contributed by atoms with Crippen molar-refractivity contribution < 1.29 is 22.7 Å². The highest BCUT2D eigenvalue weighted by Crippen LogP contribution is 2.52. The van der Waals surface area contributed by atoms with Crippen molar-refractivity contribution in [3.63, 3.8) is 0 Å². The SMILES string of the molecule is O=C(NC1=C(c2ccccc2)NC(c2ccccc2)O1)C1(c2ccccc2C(F)(F)F)CC1. The average Bonchev–Trinajstić information content (AvgIpc) is 3.54. The van der Waals surface area contributed by atoms with Crippen molar-refractivity contribution >= 4 is 11.6 Å². The molecule has 0 radical (unpaired) electrons. The first-order valence-corrected chi connectivity index (χ1v) is 10.6. The van der Waals surface area contributed by atoms with Crippen LogP contribution in [0.2, 0.25) is 0 Å². The molecule has 1 saturated carbocycles. The van der Waals surface area contributed by atoms with Crippen molar-refractivity contribution in [1.82, 2.24) is 10.6 Å². The Morgan fingerprint density at radius 3 is 2.15 bits per heavy atom. The molecule has 1 aliphatic heterocycles. The first-order valence-electron chi connectivity index (χ1n) is 10.6. The molecule has 3 aromatic carbocycles. The van der Waals surface area contributed by atoms with E-state index in [2.05, 4.69) is 10.6 Å². The maximum absolute atomic E-state index is 13.6. The van der Waals surface area contributed by atoms with Gasteiger partial charge in [0.05, 0.1) is 11.0 Å². The Hall–Kier alpha value is -3.74. The molecular weight excluding hydrogens is 429 g/mol. The minimum Gasteiger partial charge on any atom is -0.449 e. The molecule has 7 heteroatoms. The number of carbonyl (C=O) groups is 1. The number of ether oxygens (including phenoxy) is 1. The third kappa shape index (κ3) is 3.95. The molecule has 1 heterocycles. The molecule has 2 N–H and O–H groups in total. The molecule has 1 aliphatic carbocycles. The zero-order chi connectivity index (χ0) is 23.1. The Bertz CT molecular complexity index is 1200. The maximum Gasteiger partial charge on any atom is 0.416 e. The number of hydrogen-bond donors (Lipinski definition) is 2. The van der Waals surface area contributed by atoms with Crippen LogP contribution in [0.4, 0.5) is 13.2 Å². The summed E-state index contributed by atoms with van der Waals surface area (Å²) in [5.41, 5.74) is 0.239. The number of hydrogen-bond acceptors (Lipinski definition) is 3. The molecule has 1 amide bonds. The predicted molar refractivity (Wildman–Crippen MR) is 117 cm³/mol. The number of alkyl halides is 3. The van der Waals surface area contributed by atoms with Gasteiger partial charge in [-0.2, -0.15) is 13.2 Å². The van der Waals surface area contributed by atoms with Gasteiger partial charge < -0.3 is 10.1 Å². The Morgan fingerprint density at radius 2 is 1.52 bits per heavy atom. The number of benzene rings is 3. The first kappa shape index (κ1) is 21.1. The summed E-state index contributed by atoms with van der Waals surface area (Å²) in [5, 5.41) is 6.08. The molecule has 168 valence electrons. The van der Waals surface area contributed by atoms with Crippen LogP contribution >= 0.6 is 0 Å². The van der Waals surface area contributed by atoms with Crippen LogP contribution in [0, 0.1) is 0 Å². The highest BCUT2D eigenvalue weighted by atomic mass is 19.4. The minimum atomic E-state index is -4.54. The van der Waals surface area contributed by atoms with Crippen molar-refractivity contribution in [2.75, 3.05) is 0 Å². The molecule has 1 atom stereocenters. The van der Waals surface area contributed by atoms with Gasteiger partial charge in [-0.3, -0.25) is 10.1 Å². The maximum atomic E-state index is 13.6. The van der Waals surface area contributed by atoms with Crippen LogP contribution in [0.5, 0.6) is 0 Å². The van der Waals surface area contributed by atoms with E-state index < -0.39 is 29.3 Å². The molecule has 33 heavy (non-hydrogen) atoms. The molecule has 0 aromatic heterocycles. The van der Waals surface area contributed by atoms with E-state index in [1.165, 1.54) is 18.2 Å². The molecule has 4 nitrogen and oxygen atoms in total. The van der Waals surface area contributed by atoms with Crippen molar-refractivity contribution in [1.29, 1.82) is 0 Å². The van der Waals surface area contributed by atoms with E-state index in [0.717, 1.165) is 17.2 Å². The standard InChI is InChI=1S/C26H21F3N2O2/c27-26(28,29)20-14-8-7-13-19(20)25(15-16-25)24(32)31-23-21(17-9-3-1-4-10-17)30-22(33-23)18-11-5-2-6-12-18/h1-14,22,30H,15-16H2,(H,31,32). The van der Waals surface area contributed by atoms with Crippen LogP contribution in [0.25, 0.3) is 5.70 Å². The third-order valence-corrected chi connectivity index (χ3v) is 6.06. The summed E-state index contributed by atoms with van der Waals surface area (Å²) < 4.78 is 46.9. The topological polar surface area (TPSA) is 50.4 Å². The van der Waals surface area contributed by atoms with Gasteiger partial charge in [-0.05, 0) is 24.5 Å². The fourth-order valence-corrected chi connectivity index (χ4v) is 4.21. The lowest BCUT2D eigenvalue weighted by Gasteiger charge is -2.21. The summed E-state index contributed by atoms with van der Waals surface area (Å²) in [4.78, 5) is 13.4. The van der Waals surface area contributed by atoms with E-state index in [9.17, 15) is 18.0 Å². The van der Waals surface area contributed by atoms with E-state index in [4.69, 9.17) is 4.74 Å². The Kier molecular flexibility index (Phi) is 5.12. The van der Waals surface area contributed by atoms with Crippen molar-refractivity contribution in [2.24, 2.45) is 0 Å². The summed E-state index contributed by atoms with van der Waals surface area (Å²) >= 11 is 0. The molecule has 5 rings (SSSR count). The van der Waals surface area contributed by atoms with Crippen LogP contribution in [0.1, 0.15) is 41.3 Å². The largest absolute Gasteiger partial charge is 0.449 e. The Balaban J connectivity index is 1.47. The van der Waals surface area contributed by atoms with Crippen LogP contribution in [0.3, 0.4) is 0 Å². The van der Waals surface area contributed by atoms with E-state index in [1.54, 1.807) is 0 Å². The summed E-state index contributed by atoms with van der Waals surface area (Å²) in [6, 6.07) is 24.1. The Morgan fingerprint density at radius 1 is 0.909 bits per heavy atom. The van der Waals surface area contributed by atoms with Crippen LogP contribution < -0.4 is 10.6 Å². The summed E-state index contributed by atoms with van der Waals surface area (Å²) in [6.07, 6.45) is -4.38. The number of nitrogens with one attached hydrogen (secondary N) is 2. The predicted octanol–water partition coefficient (Wildman–Crippen LogP) is 5.50. The summed E-state index contributed by atoms with van der Waals surface area (Å²) in [7, 11) is 0. The summed E-state index contributed by atoms with van der Waals surface area (Å²) in [6.45, 7) is 0. The molecule has 0 bridgehead atoms. The molecular formula is C26H21F3N2O2. The molecule has 0 spiro atoms. The van der Waals surface area contributed by atoms with Gasteiger partial charge in [-0.25, -0.2) is 0 Å². The van der Waals surface area contributed by atoms with Crippen molar-refractivity contribution in [3.05, 3.63) is 113 Å². The molecule has 0 saturated heterocycles. The minimum absolute atomic E-state index is 0.00225. The van der Waals surface area contributed by atoms with Gasteiger partial charge >= 0.3 is 6.18 Å². The zero-order valence-corrected chi connectivity index (χ0v) is 17.5. The molecule has 3 aromatic rings. The smallest absolute Gasteiger partial charge is 0.416 e. The second-order valence-corrected chi connectivity index (χ2v) is 8.20. The lowest BCUT2D eigenvalue weighted by Crippen LogP contribution is -2.36. The van der Waals surface area contributed by atoms with Crippen molar-refractivity contribution in [3.8, 4) is 0 Å². The van der Waals surface area contributed by atoms with Crippen LogP contribution in [-0.2, 0) is 21.1 Å². The van der Waals surface area contributed by atoms with E-state index in [-0.39, 0.29) is 11.4 Å². The van der Waals surface area contributed by atoms with E-state index >= 15 is 0 Å². The zero-order valence-electron chi connectivity index (χ0n) is 17.5. The van der Waals surface area contributed by atoms with Crippen molar-refractivity contribution in [2.45, 2.75) is 30.7 Å².